The van der Waals surface area contributed by atoms with Crippen LogP contribution < -0.4 is 0 Å². The number of carboxylic acids is 2. The molecule has 10 nitrogen and oxygen atoms in total. The van der Waals surface area contributed by atoms with E-state index in [0.717, 1.165) is 55.2 Å². The van der Waals surface area contributed by atoms with Crippen molar-refractivity contribution in [2.75, 3.05) is 13.1 Å². The van der Waals surface area contributed by atoms with E-state index >= 15 is 0 Å². The van der Waals surface area contributed by atoms with Gasteiger partial charge < -0.3 is 10.2 Å². The first-order valence-corrected chi connectivity index (χ1v) is 12.2. The van der Waals surface area contributed by atoms with Crippen molar-refractivity contribution in [2.24, 2.45) is 0 Å². The van der Waals surface area contributed by atoms with Crippen molar-refractivity contribution in [3.8, 4) is 11.3 Å². The van der Waals surface area contributed by atoms with E-state index in [4.69, 9.17) is 24.9 Å². The fourth-order valence-electron chi connectivity index (χ4n) is 3.92. The summed E-state index contributed by atoms with van der Waals surface area (Å²) < 4.78 is 65.4. The monoisotopic (exact) mass is 598 g/mol. The molecule has 224 valence electrons. The predicted molar refractivity (Wildman–Crippen MR) is 135 cm³/mol. The van der Waals surface area contributed by atoms with Gasteiger partial charge in [-0.3, -0.25) is 9.88 Å². The minimum Gasteiger partial charge on any atom is -0.475 e. The first-order chi connectivity index (χ1) is 19.8. The van der Waals surface area contributed by atoms with Crippen molar-refractivity contribution in [2.45, 2.75) is 37.7 Å². The van der Waals surface area contributed by atoms with Gasteiger partial charge in [0, 0.05) is 30.4 Å². The molecule has 0 bridgehead atoms. The number of aliphatic carboxylic acids is 2. The summed E-state index contributed by atoms with van der Waals surface area (Å²) in [5, 5.41) is 27.9. The highest BCUT2D eigenvalue weighted by Gasteiger charge is 2.38. The second kappa shape index (κ2) is 13.8. The zero-order valence-electron chi connectivity index (χ0n) is 21.6. The maximum Gasteiger partial charge on any atom is 0.490 e. The third-order valence-electron chi connectivity index (χ3n) is 5.95. The topological polar surface area (TPSA) is 134 Å². The van der Waals surface area contributed by atoms with Crippen molar-refractivity contribution in [3.05, 3.63) is 78.4 Å². The number of likely N-dealkylation sites (tertiary alicyclic amines) is 1. The zero-order valence-corrected chi connectivity index (χ0v) is 21.6. The molecule has 16 heteroatoms. The van der Waals surface area contributed by atoms with E-state index < -0.39 is 24.3 Å². The number of rotatable bonds is 4. The first kappa shape index (κ1) is 31.9. The minimum absolute atomic E-state index is 0.391. The van der Waals surface area contributed by atoms with Crippen LogP contribution in [0.25, 0.3) is 16.9 Å². The number of halogens is 6. The van der Waals surface area contributed by atoms with Gasteiger partial charge in [0.15, 0.2) is 11.5 Å². The van der Waals surface area contributed by atoms with E-state index in [1.165, 1.54) is 5.56 Å². The smallest absolute Gasteiger partial charge is 0.475 e. The number of hydrogen-bond donors (Lipinski definition) is 2. The van der Waals surface area contributed by atoms with Crippen LogP contribution in [0.3, 0.4) is 0 Å². The number of carbonyl (C=O) groups is 2. The Labute approximate surface area is 234 Å². The number of hydrogen-bond acceptors (Lipinski definition) is 7. The molecule has 2 N–H and O–H groups in total. The van der Waals surface area contributed by atoms with E-state index in [1.807, 2.05) is 47.2 Å². The van der Waals surface area contributed by atoms with Crippen LogP contribution in [0, 0.1) is 0 Å². The van der Waals surface area contributed by atoms with Crippen LogP contribution in [0.5, 0.6) is 0 Å². The van der Waals surface area contributed by atoms with Gasteiger partial charge in [-0.05, 0) is 55.8 Å². The van der Waals surface area contributed by atoms with Gasteiger partial charge in [0.25, 0.3) is 0 Å². The van der Waals surface area contributed by atoms with Crippen molar-refractivity contribution in [1.82, 2.24) is 29.7 Å². The Bertz CT molecular complexity index is 1430. The largest absolute Gasteiger partial charge is 0.490 e. The van der Waals surface area contributed by atoms with E-state index in [-0.39, 0.29) is 0 Å². The Hall–Kier alpha value is -4.60. The van der Waals surface area contributed by atoms with E-state index in [2.05, 4.69) is 44.3 Å². The van der Waals surface area contributed by atoms with Crippen LogP contribution in [0.4, 0.5) is 26.3 Å². The Balaban J connectivity index is 0.000000289. The third-order valence-corrected chi connectivity index (χ3v) is 5.95. The van der Waals surface area contributed by atoms with Crippen LogP contribution in [-0.2, 0) is 16.1 Å². The summed E-state index contributed by atoms with van der Waals surface area (Å²) in [4.78, 5) is 24.4. The SMILES string of the molecule is O=C(O)C(F)(F)F.O=C(O)C(F)(F)F.c1ccc(-c2ccc3nnc(C4CCN(Cc5ccncc5)CC4)n3n2)cc1. The highest BCUT2D eigenvalue weighted by atomic mass is 19.4. The molecule has 3 aromatic heterocycles. The fourth-order valence-corrected chi connectivity index (χ4v) is 3.92. The summed E-state index contributed by atoms with van der Waals surface area (Å²) in [6.07, 6.45) is -4.30. The maximum absolute atomic E-state index is 10.6. The van der Waals surface area contributed by atoms with Gasteiger partial charge in [-0.15, -0.1) is 10.2 Å². The molecule has 0 spiro atoms. The number of benzene rings is 1. The first-order valence-electron chi connectivity index (χ1n) is 12.2. The van der Waals surface area contributed by atoms with Crippen LogP contribution >= 0.6 is 0 Å². The van der Waals surface area contributed by atoms with Gasteiger partial charge >= 0.3 is 24.3 Å². The molecule has 1 aliphatic heterocycles. The van der Waals surface area contributed by atoms with E-state index in [0.29, 0.717) is 5.92 Å². The molecule has 1 saturated heterocycles. The van der Waals surface area contributed by atoms with E-state index in [1.54, 1.807) is 0 Å². The lowest BCUT2D eigenvalue weighted by molar-refractivity contribution is -0.193. The van der Waals surface area contributed by atoms with Crippen molar-refractivity contribution in [1.29, 1.82) is 0 Å². The molecule has 0 unspecified atom stereocenters. The number of carboxylic acid groups (broad SMARTS) is 2. The summed E-state index contributed by atoms with van der Waals surface area (Å²) in [6.45, 7) is 3.09. The van der Waals surface area contributed by atoms with Crippen LogP contribution in [0.1, 0.15) is 30.1 Å². The van der Waals surface area contributed by atoms with Crippen LogP contribution in [-0.4, -0.2) is 77.3 Å². The molecule has 42 heavy (non-hydrogen) atoms. The molecule has 1 fully saturated rings. The molecule has 0 aliphatic carbocycles. The summed E-state index contributed by atoms with van der Waals surface area (Å²) in [7, 11) is 0. The molecule has 4 aromatic rings. The van der Waals surface area contributed by atoms with Gasteiger partial charge in [0.1, 0.15) is 0 Å². The molecule has 5 rings (SSSR count). The lowest BCUT2D eigenvalue weighted by Gasteiger charge is -2.31. The van der Waals surface area contributed by atoms with Crippen molar-refractivity contribution < 1.29 is 46.1 Å². The highest BCUT2D eigenvalue weighted by molar-refractivity contribution is 5.73. The number of aromatic nitrogens is 5. The average molecular weight is 599 g/mol. The molecule has 0 atom stereocenters. The molecule has 1 aromatic carbocycles. The molecule has 0 amide bonds. The zero-order chi connectivity index (χ0) is 30.9. The number of piperidine rings is 1. The number of pyridine rings is 1. The summed E-state index contributed by atoms with van der Waals surface area (Å²) in [6, 6.07) is 18.4. The average Bonchev–Trinajstić information content (AvgIpc) is 3.37. The molecule has 1 aliphatic rings. The summed E-state index contributed by atoms with van der Waals surface area (Å²) >= 11 is 0. The Morgan fingerprint density at radius 3 is 1.88 bits per heavy atom. The van der Waals surface area contributed by atoms with Crippen molar-refractivity contribution in [3.63, 3.8) is 0 Å². The summed E-state index contributed by atoms with van der Waals surface area (Å²) in [5.41, 5.74) is 4.19. The Kier molecular flexibility index (Phi) is 10.5. The quantitative estimate of drug-likeness (QED) is 0.317. The molecule has 0 radical (unpaired) electrons. The summed E-state index contributed by atoms with van der Waals surface area (Å²) in [5.74, 6) is -4.14. The normalized spacial score (nSPS) is 14.3. The maximum atomic E-state index is 10.6. The number of fused-ring (bicyclic) bond motifs is 1. The second-order valence-corrected chi connectivity index (χ2v) is 8.92. The number of alkyl halides is 6. The third kappa shape index (κ3) is 9.22. The highest BCUT2D eigenvalue weighted by Crippen LogP contribution is 2.28. The van der Waals surface area contributed by atoms with Gasteiger partial charge in [-0.25, -0.2) is 9.59 Å². The lowest BCUT2D eigenvalue weighted by atomic mass is 9.96. The standard InChI is InChI=1S/C22H22N6.2C2HF3O2/c1-2-4-18(5-3-1)20-6-7-21-24-25-22(28(21)26-20)19-10-14-27(15-11-19)16-17-8-12-23-13-9-17;2*3-2(4,5)1(6)7/h1-9,12-13,19H,10-11,14-16H2;2*(H,6,7). The molecule has 4 heterocycles. The van der Waals surface area contributed by atoms with Gasteiger partial charge in [0.05, 0.1) is 5.69 Å². The Morgan fingerprint density at radius 1 is 0.810 bits per heavy atom. The molecular weight excluding hydrogens is 574 g/mol. The van der Waals surface area contributed by atoms with Gasteiger partial charge in [0.2, 0.25) is 0 Å². The minimum atomic E-state index is -5.08. The van der Waals surface area contributed by atoms with Gasteiger partial charge in [-0.1, -0.05) is 30.3 Å². The van der Waals surface area contributed by atoms with Gasteiger partial charge in [-0.2, -0.15) is 36.0 Å². The van der Waals surface area contributed by atoms with Crippen LogP contribution in [0.2, 0.25) is 0 Å². The predicted octanol–water partition coefficient (Wildman–Crippen LogP) is 4.83. The van der Waals surface area contributed by atoms with Crippen molar-refractivity contribution >= 4 is 17.6 Å². The Morgan fingerprint density at radius 2 is 1.36 bits per heavy atom. The molecular formula is C26H24F6N6O4. The molecule has 0 saturated carbocycles. The van der Waals surface area contributed by atoms with Crippen LogP contribution in [0.15, 0.2) is 67.0 Å². The lowest BCUT2D eigenvalue weighted by Crippen LogP contribution is -2.33. The second-order valence-electron chi connectivity index (χ2n) is 8.92. The van der Waals surface area contributed by atoms with E-state index in [9.17, 15) is 26.3 Å². The fraction of sp³-hybridized carbons (Fsp3) is 0.308. The number of nitrogens with zero attached hydrogens (tertiary/aromatic N) is 6.